The fraction of sp³-hybridized carbons (Fsp3) is 0.0455. The van der Waals surface area contributed by atoms with E-state index in [1.165, 1.54) is 22.3 Å². The van der Waals surface area contributed by atoms with Crippen LogP contribution in [0.2, 0.25) is 0 Å². The Morgan fingerprint density at radius 2 is 1.38 bits per heavy atom. The van der Waals surface area contributed by atoms with Crippen molar-refractivity contribution in [3.8, 4) is 0 Å². The van der Waals surface area contributed by atoms with Crippen LogP contribution in [0.4, 0.5) is 0 Å². The Hall–Kier alpha value is -2.24. The van der Waals surface area contributed by atoms with Gasteiger partial charge in [0, 0.05) is 0 Å². The monoisotopic (exact) mass is 349 g/mol. The maximum absolute atomic E-state index is 3.48. The van der Waals surface area contributed by atoms with Crippen molar-refractivity contribution in [1.82, 2.24) is 5.32 Å². The van der Waals surface area contributed by atoms with Gasteiger partial charge in [-0.25, -0.2) is 0 Å². The van der Waals surface area contributed by atoms with Gasteiger partial charge < -0.3 is 0 Å². The van der Waals surface area contributed by atoms with E-state index < -0.39 is 0 Å². The second kappa shape index (κ2) is 8.57. The van der Waals surface area contributed by atoms with Crippen molar-refractivity contribution in [3.63, 3.8) is 0 Å². The molecule has 2 heteroatoms. The SMILES string of the molecule is [Cr]=[C](NCc1ccccc1)c1ccccc1/C=C/c1ccccc1. The minimum absolute atomic E-state index is 0.805. The van der Waals surface area contributed by atoms with Crippen LogP contribution in [0, 0.1) is 0 Å². The second-order valence-corrected chi connectivity index (χ2v) is 6.14. The molecule has 3 rings (SSSR count). The van der Waals surface area contributed by atoms with Crippen LogP contribution >= 0.6 is 0 Å². The van der Waals surface area contributed by atoms with Gasteiger partial charge in [0.15, 0.2) is 0 Å². The van der Waals surface area contributed by atoms with Crippen molar-refractivity contribution in [2.75, 3.05) is 0 Å². The number of nitrogens with one attached hydrogen (secondary N) is 1. The zero-order chi connectivity index (χ0) is 16.6. The number of rotatable bonds is 6. The molecule has 0 unspecified atom stereocenters. The molecule has 0 radical (unpaired) electrons. The molecule has 24 heavy (non-hydrogen) atoms. The van der Waals surface area contributed by atoms with Crippen LogP contribution in [-0.4, -0.2) is 4.50 Å². The van der Waals surface area contributed by atoms with E-state index in [1.807, 2.05) is 12.1 Å². The van der Waals surface area contributed by atoms with Crippen molar-refractivity contribution < 1.29 is 15.9 Å². The molecule has 1 nitrogen and oxygen atoms in total. The molecule has 0 aliphatic rings. The summed E-state index contributed by atoms with van der Waals surface area (Å²) in [5.41, 5.74) is 4.84. The van der Waals surface area contributed by atoms with E-state index in [2.05, 4.69) is 106 Å². The van der Waals surface area contributed by atoms with E-state index in [0.29, 0.717) is 0 Å². The van der Waals surface area contributed by atoms with Crippen molar-refractivity contribution in [2.45, 2.75) is 6.54 Å². The quantitative estimate of drug-likeness (QED) is 0.638. The van der Waals surface area contributed by atoms with Crippen LogP contribution < -0.4 is 5.32 Å². The summed E-state index contributed by atoms with van der Waals surface area (Å²) < 4.78 is 1.06. The van der Waals surface area contributed by atoms with E-state index in [-0.39, 0.29) is 0 Å². The molecule has 0 spiro atoms. The summed E-state index contributed by atoms with van der Waals surface area (Å²) in [6.45, 7) is 0.805. The number of hydrogen-bond acceptors (Lipinski definition) is 1. The molecule has 0 saturated heterocycles. The first kappa shape index (κ1) is 16.6. The van der Waals surface area contributed by atoms with Crippen LogP contribution in [0.5, 0.6) is 0 Å². The third-order valence-electron chi connectivity index (χ3n) is 3.76. The van der Waals surface area contributed by atoms with Gasteiger partial charge in [-0.3, -0.25) is 0 Å². The molecule has 0 saturated carbocycles. The third-order valence-corrected chi connectivity index (χ3v) is 4.33. The van der Waals surface area contributed by atoms with Crippen LogP contribution in [0.25, 0.3) is 12.2 Å². The topological polar surface area (TPSA) is 12.0 Å². The molecule has 0 bridgehead atoms. The third kappa shape index (κ3) is 4.63. The second-order valence-electron chi connectivity index (χ2n) is 5.50. The molecule has 0 fully saturated rings. The molecule has 0 aliphatic heterocycles. The Morgan fingerprint density at radius 1 is 0.750 bits per heavy atom. The van der Waals surface area contributed by atoms with Crippen molar-refractivity contribution >= 4 is 16.7 Å². The van der Waals surface area contributed by atoms with E-state index >= 15 is 0 Å². The average Bonchev–Trinajstić information content (AvgIpc) is 2.66. The van der Waals surface area contributed by atoms with Gasteiger partial charge in [0.2, 0.25) is 0 Å². The van der Waals surface area contributed by atoms with E-state index in [4.69, 9.17) is 0 Å². The summed E-state index contributed by atoms with van der Waals surface area (Å²) in [5, 5.41) is 3.48. The Morgan fingerprint density at radius 3 is 2.12 bits per heavy atom. The standard InChI is InChI=1S/C22H19N.Cr/c1-3-9-19(10-4-1)15-16-21-13-7-8-14-22(21)18-23-17-20-11-5-2-6-12-20;/h1-16,23H,17H2;/b16-15+;. The van der Waals surface area contributed by atoms with E-state index in [1.54, 1.807) is 0 Å². The molecule has 0 aliphatic carbocycles. The van der Waals surface area contributed by atoms with Crippen LogP contribution in [-0.2, 0) is 22.4 Å². The van der Waals surface area contributed by atoms with Gasteiger partial charge in [-0.2, -0.15) is 0 Å². The molecular weight excluding hydrogens is 330 g/mol. The summed E-state index contributed by atoms with van der Waals surface area (Å²) >= 11 is 3.17. The Kier molecular flexibility index (Phi) is 5.93. The van der Waals surface area contributed by atoms with Crippen molar-refractivity contribution in [2.24, 2.45) is 0 Å². The molecule has 3 aromatic carbocycles. The van der Waals surface area contributed by atoms with Gasteiger partial charge in [0.05, 0.1) is 0 Å². The molecule has 0 atom stereocenters. The summed E-state index contributed by atoms with van der Waals surface area (Å²) in [6.07, 6.45) is 4.30. The summed E-state index contributed by atoms with van der Waals surface area (Å²) in [4.78, 5) is 0. The van der Waals surface area contributed by atoms with E-state index in [0.717, 1.165) is 11.0 Å². The van der Waals surface area contributed by atoms with E-state index in [9.17, 15) is 0 Å². The molecule has 1 N–H and O–H groups in total. The zero-order valence-corrected chi connectivity index (χ0v) is 14.6. The first-order valence-corrected chi connectivity index (χ1v) is 8.61. The van der Waals surface area contributed by atoms with Gasteiger partial charge >= 0.3 is 152 Å². The first-order valence-electron chi connectivity index (χ1n) is 7.97. The van der Waals surface area contributed by atoms with Crippen molar-refractivity contribution in [3.05, 3.63) is 107 Å². The average molecular weight is 349 g/mol. The molecule has 3 aromatic rings. The number of hydrogen-bond donors (Lipinski definition) is 1. The Labute approximate surface area is 151 Å². The number of benzene rings is 3. The molecule has 118 valence electrons. The zero-order valence-electron chi connectivity index (χ0n) is 13.4. The molecular formula is C22H19CrN. The fourth-order valence-electron chi connectivity index (χ4n) is 2.47. The van der Waals surface area contributed by atoms with Gasteiger partial charge in [-0.1, -0.05) is 0 Å². The minimum atomic E-state index is 0.805. The van der Waals surface area contributed by atoms with Crippen LogP contribution in [0.3, 0.4) is 0 Å². The normalized spacial score (nSPS) is 10.8. The molecule has 0 heterocycles. The summed E-state index contributed by atoms with van der Waals surface area (Å²) in [7, 11) is 0. The van der Waals surface area contributed by atoms with Crippen LogP contribution in [0.1, 0.15) is 22.3 Å². The maximum atomic E-state index is 3.48. The van der Waals surface area contributed by atoms with Gasteiger partial charge in [0.25, 0.3) is 0 Å². The van der Waals surface area contributed by atoms with Gasteiger partial charge in [-0.15, -0.1) is 0 Å². The van der Waals surface area contributed by atoms with Gasteiger partial charge in [-0.05, 0) is 0 Å². The summed E-state index contributed by atoms with van der Waals surface area (Å²) in [5.74, 6) is 0. The van der Waals surface area contributed by atoms with Crippen LogP contribution in [0.15, 0.2) is 84.9 Å². The fourth-order valence-corrected chi connectivity index (χ4v) is 2.88. The molecule has 0 aromatic heterocycles. The first-order chi connectivity index (χ1) is 11.8. The predicted octanol–water partition coefficient (Wildman–Crippen LogP) is 4.67. The van der Waals surface area contributed by atoms with Gasteiger partial charge in [0.1, 0.15) is 0 Å². The summed E-state index contributed by atoms with van der Waals surface area (Å²) in [6, 6.07) is 29.2. The molecule has 0 amide bonds. The Bertz CT molecular complexity index is 823. The Balaban J connectivity index is 1.73. The predicted molar refractivity (Wildman–Crippen MR) is 99.2 cm³/mol. The van der Waals surface area contributed by atoms with Crippen molar-refractivity contribution in [1.29, 1.82) is 0 Å².